The van der Waals surface area contributed by atoms with Crippen molar-refractivity contribution in [3.05, 3.63) is 53.8 Å². The molecule has 1 aliphatic rings. The van der Waals surface area contributed by atoms with Gasteiger partial charge in [-0.15, -0.1) is 0 Å². The number of imide groups is 1. The summed E-state index contributed by atoms with van der Waals surface area (Å²) in [5.41, 5.74) is 6.12. The Labute approximate surface area is 165 Å². The summed E-state index contributed by atoms with van der Waals surface area (Å²) in [5.74, 6) is -0.921. The van der Waals surface area contributed by atoms with Crippen LogP contribution in [0.3, 0.4) is 0 Å². The number of urea groups is 1. The molecule has 4 N–H and O–H groups in total. The van der Waals surface area contributed by atoms with E-state index in [9.17, 15) is 18.8 Å². The zero-order valence-electron chi connectivity index (χ0n) is 15.5. The quantitative estimate of drug-likeness (QED) is 0.671. The Morgan fingerprint density at radius 1 is 1.17 bits per heavy atom. The third-order valence-corrected chi connectivity index (χ3v) is 4.15. The number of hydrogen-bond donors (Lipinski definition) is 3. The molecule has 0 saturated heterocycles. The van der Waals surface area contributed by atoms with Gasteiger partial charge in [-0.2, -0.15) is 0 Å². The van der Waals surface area contributed by atoms with Gasteiger partial charge in [-0.05, 0) is 36.9 Å². The van der Waals surface area contributed by atoms with E-state index in [1.807, 2.05) is 0 Å². The van der Waals surface area contributed by atoms with E-state index in [0.29, 0.717) is 22.7 Å². The van der Waals surface area contributed by atoms with Gasteiger partial charge < -0.3 is 20.5 Å². The fourth-order valence-corrected chi connectivity index (χ4v) is 2.93. The number of rotatable bonds is 6. The summed E-state index contributed by atoms with van der Waals surface area (Å²) in [5, 5.41) is 4.66. The number of carbonyl (C=O) groups excluding carboxylic acids is 3. The Kier molecular flexibility index (Phi) is 5.93. The van der Waals surface area contributed by atoms with Gasteiger partial charge in [0.15, 0.2) is 11.5 Å². The second kappa shape index (κ2) is 8.57. The van der Waals surface area contributed by atoms with Crippen LogP contribution in [0.4, 0.5) is 14.9 Å². The molecular formula is C19H19FN4O5. The van der Waals surface area contributed by atoms with E-state index in [0.717, 1.165) is 6.07 Å². The number of hydrogen-bond acceptors (Lipinski definition) is 6. The second-order valence-electron chi connectivity index (χ2n) is 6.35. The van der Waals surface area contributed by atoms with E-state index in [-0.39, 0.29) is 13.3 Å². The van der Waals surface area contributed by atoms with Crippen LogP contribution in [0, 0.1) is 5.82 Å². The van der Waals surface area contributed by atoms with E-state index < -0.39 is 29.7 Å². The van der Waals surface area contributed by atoms with Gasteiger partial charge in [-0.25, -0.2) is 9.18 Å². The topological polar surface area (TPSA) is 123 Å². The van der Waals surface area contributed by atoms with Gasteiger partial charge in [0.05, 0.1) is 6.54 Å². The first-order valence-corrected chi connectivity index (χ1v) is 8.59. The van der Waals surface area contributed by atoms with Crippen molar-refractivity contribution in [2.45, 2.75) is 6.04 Å². The molecule has 2 aromatic rings. The van der Waals surface area contributed by atoms with E-state index in [4.69, 9.17) is 15.2 Å². The average molecular weight is 402 g/mol. The number of carbonyl (C=O) groups is 3. The van der Waals surface area contributed by atoms with Crippen molar-refractivity contribution in [3.8, 4) is 11.5 Å². The molecule has 0 fully saturated rings. The zero-order valence-corrected chi connectivity index (χ0v) is 15.5. The normalized spacial score (nSPS) is 13.1. The molecule has 9 nitrogen and oxygen atoms in total. The monoisotopic (exact) mass is 402 g/mol. The predicted molar refractivity (Wildman–Crippen MR) is 101 cm³/mol. The highest BCUT2D eigenvalue weighted by molar-refractivity contribution is 6.02. The van der Waals surface area contributed by atoms with Crippen LogP contribution in [0.2, 0.25) is 0 Å². The minimum Gasteiger partial charge on any atom is -0.454 e. The molecule has 1 unspecified atom stereocenters. The molecule has 0 bridgehead atoms. The lowest BCUT2D eigenvalue weighted by molar-refractivity contribution is -0.125. The van der Waals surface area contributed by atoms with Crippen LogP contribution in [0.5, 0.6) is 11.5 Å². The van der Waals surface area contributed by atoms with Gasteiger partial charge in [-0.3, -0.25) is 19.8 Å². The number of nitrogens with zero attached hydrogens (tertiary/aromatic N) is 1. The number of nitrogens with two attached hydrogens (primary N) is 1. The van der Waals surface area contributed by atoms with Crippen LogP contribution in [0.1, 0.15) is 11.6 Å². The molecule has 4 amide bonds. The molecule has 10 heteroatoms. The van der Waals surface area contributed by atoms with Crippen molar-refractivity contribution in [1.82, 2.24) is 10.2 Å². The fraction of sp³-hybridized carbons (Fsp3) is 0.211. The van der Waals surface area contributed by atoms with Crippen molar-refractivity contribution < 1.29 is 28.2 Å². The highest BCUT2D eigenvalue weighted by Crippen LogP contribution is 2.34. The third kappa shape index (κ3) is 4.99. The summed E-state index contributed by atoms with van der Waals surface area (Å²) >= 11 is 0. The molecule has 1 heterocycles. The summed E-state index contributed by atoms with van der Waals surface area (Å²) in [6.45, 7) is -0.221. The van der Waals surface area contributed by atoms with Crippen LogP contribution in [0.25, 0.3) is 0 Å². The Morgan fingerprint density at radius 2 is 1.93 bits per heavy atom. The van der Waals surface area contributed by atoms with Crippen LogP contribution >= 0.6 is 0 Å². The summed E-state index contributed by atoms with van der Waals surface area (Å²) in [6, 6.07) is 8.35. The van der Waals surface area contributed by atoms with Crippen LogP contribution < -0.4 is 25.8 Å². The summed E-state index contributed by atoms with van der Waals surface area (Å²) < 4.78 is 23.9. The maximum Gasteiger partial charge on any atom is 0.325 e. The molecule has 1 atom stereocenters. The number of ether oxygens (including phenoxy) is 2. The van der Waals surface area contributed by atoms with E-state index >= 15 is 0 Å². The highest BCUT2D eigenvalue weighted by Gasteiger charge is 2.25. The molecule has 0 aliphatic carbocycles. The van der Waals surface area contributed by atoms with Crippen molar-refractivity contribution in [3.63, 3.8) is 0 Å². The first-order chi connectivity index (χ1) is 13.8. The standard InChI is InChI=1S/C19H19FN4O5/c1-24(17(18(21)26)11-3-2-4-12(20)7-11)9-16(25)23-19(27)22-13-5-6-14-15(8-13)29-10-28-14/h2-8,17H,9-10H2,1H3,(H2,21,26)(H2,22,23,25,27). The van der Waals surface area contributed by atoms with Crippen LogP contribution in [-0.2, 0) is 9.59 Å². The number of anilines is 1. The Hall–Kier alpha value is -3.66. The Balaban J connectivity index is 1.58. The number of fused-ring (bicyclic) bond motifs is 1. The maximum atomic E-state index is 13.5. The number of likely N-dealkylation sites (N-methyl/N-ethyl adjacent to an activating group) is 1. The average Bonchev–Trinajstić information content (AvgIpc) is 3.09. The molecule has 0 radical (unpaired) electrons. The first-order valence-electron chi connectivity index (χ1n) is 8.59. The van der Waals surface area contributed by atoms with Gasteiger partial charge in [-0.1, -0.05) is 12.1 Å². The van der Waals surface area contributed by atoms with Gasteiger partial charge >= 0.3 is 6.03 Å². The van der Waals surface area contributed by atoms with Crippen LogP contribution in [0.15, 0.2) is 42.5 Å². The Bertz CT molecular complexity index is 952. The Morgan fingerprint density at radius 3 is 2.66 bits per heavy atom. The minimum absolute atomic E-state index is 0.0994. The smallest absolute Gasteiger partial charge is 0.325 e. The summed E-state index contributed by atoms with van der Waals surface area (Å²) in [6.07, 6.45) is 0. The van der Waals surface area contributed by atoms with Gasteiger partial charge in [0.2, 0.25) is 18.6 Å². The number of nitrogens with one attached hydrogen (secondary N) is 2. The number of benzene rings is 2. The van der Waals surface area contributed by atoms with E-state index in [2.05, 4.69) is 10.6 Å². The number of halogens is 1. The maximum absolute atomic E-state index is 13.5. The highest BCUT2D eigenvalue weighted by atomic mass is 19.1. The molecule has 0 saturated carbocycles. The number of primary amides is 1. The molecule has 29 heavy (non-hydrogen) atoms. The summed E-state index contributed by atoms with van der Waals surface area (Å²) in [7, 11) is 1.47. The molecule has 0 spiro atoms. The second-order valence-corrected chi connectivity index (χ2v) is 6.35. The van der Waals surface area contributed by atoms with Crippen molar-refractivity contribution in [1.29, 1.82) is 0 Å². The van der Waals surface area contributed by atoms with E-state index in [1.54, 1.807) is 18.2 Å². The van der Waals surface area contributed by atoms with Gasteiger partial charge in [0.25, 0.3) is 0 Å². The molecule has 0 aromatic heterocycles. The lowest BCUT2D eigenvalue weighted by Gasteiger charge is -2.25. The largest absolute Gasteiger partial charge is 0.454 e. The zero-order chi connectivity index (χ0) is 21.0. The van der Waals surface area contributed by atoms with Crippen molar-refractivity contribution >= 4 is 23.5 Å². The lowest BCUT2D eigenvalue weighted by atomic mass is 10.0. The first kappa shape index (κ1) is 20.1. The van der Waals surface area contributed by atoms with Crippen molar-refractivity contribution in [2.75, 3.05) is 25.7 Å². The van der Waals surface area contributed by atoms with Gasteiger partial charge in [0.1, 0.15) is 11.9 Å². The minimum atomic E-state index is -1.03. The SMILES string of the molecule is CN(CC(=O)NC(=O)Nc1ccc2c(c1)OCO2)C(C(N)=O)c1cccc(F)c1. The molecule has 1 aliphatic heterocycles. The number of amides is 4. The third-order valence-electron chi connectivity index (χ3n) is 4.15. The lowest BCUT2D eigenvalue weighted by Crippen LogP contribution is -2.44. The van der Waals surface area contributed by atoms with Crippen molar-refractivity contribution in [2.24, 2.45) is 5.73 Å². The predicted octanol–water partition coefficient (Wildman–Crippen LogP) is 1.36. The van der Waals surface area contributed by atoms with Gasteiger partial charge in [0, 0.05) is 11.8 Å². The van der Waals surface area contributed by atoms with E-state index in [1.165, 1.54) is 30.1 Å². The molecular weight excluding hydrogens is 383 g/mol. The van der Waals surface area contributed by atoms with Crippen LogP contribution in [-0.4, -0.2) is 43.1 Å². The molecule has 152 valence electrons. The summed E-state index contributed by atoms with van der Waals surface area (Å²) in [4.78, 5) is 37.4. The molecule has 3 rings (SSSR count). The fourth-order valence-electron chi connectivity index (χ4n) is 2.93. The molecule has 2 aromatic carbocycles.